The summed E-state index contributed by atoms with van der Waals surface area (Å²) in [4.78, 5) is 18.5. The summed E-state index contributed by atoms with van der Waals surface area (Å²) in [5.41, 5.74) is -0.739. The Hall–Kier alpha value is -3.21. The van der Waals surface area contributed by atoms with Crippen molar-refractivity contribution in [2.45, 2.75) is 39.3 Å². The van der Waals surface area contributed by atoms with Gasteiger partial charge in [-0.05, 0) is 45.5 Å². The number of alkyl halides is 3. The molecule has 0 atom stereocenters. The number of aromatic hydroxyl groups is 1. The van der Waals surface area contributed by atoms with Gasteiger partial charge in [0.2, 0.25) is 0 Å². The maximum atomic E-state index is 12.6. The summed E-state index contributed by atoms with van der Waals surface area (Å²) in [6, 6.07) is 2.47. The molecule has 3 N–H and O–H groups in total. The van der Waals surface area contributed by atoms with E-state index >= 15 is 0 Å². The number of ether oxygens (including phenoxy) is 2. The van der Waals surface area contributed by atoms with E-state index in [2.05, 4.69) is 20.0 Å². The lowest BCUT2D eigenvalue weighted by molar-refractivity contribution is -0.0588. The average molecular weight is 470 g/mol. The van der Waals surface area contributed by atoms with Gasteiger partial charge >= 0.3 is 12.1 Å². The third-order valence-corrected chi connectivity index (χ3v) is 4.30. The van der Waals surface area contributed by atoms with Crippen molar-refractivity contribution in [3.05, 3.63) is 47.0 Å². The first-order valence-electron chi connectivity index (χ1n) is 10.2. The molecule has 2 aromatic rings. The highest BCUT2D eigenvalue weighted by atomic mass is 19.4. The van der Waals surface area contributed by atoms with Gasteiger partial charge in [-0.3, -0.25) is 10.4 Å². The maximum Gasteiger partial charge on any atom is 0.433 e. The Morgan fingerprint density at radius 2 is 1.94 bits per heavy atom. The van der Waals surface area contributed by atoms with Crippen molar-refractivity contribution >= 4 is 11.7 Å². The second kappa shape index (κ2) is 13.4. The van der Waals surface area contributed by atoms with Gasteiger partial charge in [-0.2, -0.15) is 13.2 Å². The van der Waals surface area contributed by atoms with Crippen molar-refractivity contribution in [1.82, 2.24) is 15.3 Å². The topological polar surface area (TPSA) is 117 Å². The molecule has 0 aliphatic rings. The number of esters is 1. The van der Waals surface area contributed by atoms with E-state index in [0.29, 0.717) is 30.8 Å². The van der Waals surface area contributed by atoms with Gasteiger partial charge < -0.3 is 19.9 Å². The number of carbonyl (C=O) groups excluding carboxylic acids is 1. The lowest BCUT2D eigenvalue weighted by Gasteiger charge is -2.17. The summed E-state index contributed by atoms with van der Waals surface area (Å²) < 4.78 is 47.9. The SMILES string of the molecule is CCCc1c(OCCCNC)ccc(C(=N)C(F)(F)F)c1O.COC(=O)c1cnc(C)cn1. The van der Waals surface area contributed by atoms with Crippen molar-refractivity contribution < 1.29 is 32.5 Å². The van der Waals surface area contributed by atoms with Gasteiger partial charge in [-0.15, -0.1) is 0 Å². The number of nitrogens with zero attached hydrogens (tertiary/aromatic N) is 2. The van der Waals surface area contributed by atoms with Gasteiger partial charge in [-0.1, -0.05) is 13.3 Å². The number of benzene rings is 1. The summed E-state index contributed by atoms with van der Waals surface area (Å²) in [6.07, 6.45) is -0.123. The summed E-state index contributed by atoms with van der Waals surface area (Å²) in [5, 5.41) is 20.2. The van der Waals surface area contributed by atoms with Crippen molar-refractivity contribution in [2.75, 3.05) is 27.3 Å². The van der Waals surface area contributed by atoms with Crippen LogP contribution in [0.4, 0.5) is 13.2 Å². The van der Waals surface area contributed by atoms with Crippen molar-refractivity contribution in [2.24, 2.45) is 0 Å². The number of halogens is 3. The van der Waals surface area contributed by atoms with Crippen LogP contribution < -0.4 is 10.1 Å². The minimum Gasteiger partial charge on any atom is -0.507 e. The molecular formula is C22H29F3N4O4. The average Bonchev–Trinajstić information content (AvgIpc) is 2.78. The molecule has 0 radical (unpaired) electrons. The third kappa shape index (κ3) is 8.68. The maximum absolute atomic E-state index is 12.6. The Bertz CT molecular complexity index is 919. The molecule has 0 saturated heterocycles. The third-order valence-electron chi connectivity index (χ3n) is 4.30. The van der Waals surface area contributed by atoms with Crippen LogP contribution in [-0.4, -0.2) is 60.2 Å². The van der Waals surface area contributed by atoms with E-state index in [1.807, 2.05) is 14.0 Å². The second-order valence-corrected chi connectivity index (χ2v) is 6.90. The quantitative estimate of drug-likeness (QED) is 0.290. The highest BCUT2D eigenvalue weighted by Crippen LogP contribution is 2.35. The first-order valence-corrected chi connectivity index (χ1v) is 10.2. The van der Waals surface area contributed by atoms with Crippen LogP contribution in [0.25, 0.3) is 0 Å². The molecule has 1 aromatic carbocycles. The van der Waals surface area contributed by atoms with Gasteiger partial charge in [0, 0.05) is 17.3 Å². The second-order valence-electron chi connectivity index (χ2n) is 6.90. The monoisotopic (exact) mass is 470 g/mol. The highest BCUT2D eigenvalue weighted by Gasteiger charge is 2.37. The molecule has 1 heterocycles. The van der Waals surface area contributed by atoms with Crippen LogP contribution >= 0.6 is 0 Å². The number of aryl methyl sites for hydroxylation is 1. The van der Waals surface area contributed by atoms with Gasteiger partial charge in [0.25, 0.3) is 0 Å². The first kappa shape index (κ1) is 27.8. The minimum absolute atomic E-state index is 0.234. The number of aromatic nitrogens is 2. The van der Waals surface area contributed by atoms with Crippen LogP contribution in [-0.2, 0) is 11.2 Å². The molecule has 0 amide bonds. The lowest BCUT2D eigenvalue weighted by Crippen LogP contribution is -2.23. The van der Waals surface area contributed by atoms with Crippen LogP contribution in [0.5, 0.6) is 11.5 Å². The molecule has 0 aliphatic heterocycles. The number of phenolic OH excluding ortho intramolecular Hbond substituents is 1. The molecule has 0 fully saturated rings. The molecule has 0 aliphatic carbocycles. The Kier molecular flexibility index (Phi) is 11.3. The van der Waals surface area contributed by atoms with Crippen LogP contribution in [0.15, 0.2) is 24.5 Å². The van der Waals surface area contributed by atoms with Gasteiger partial charge in [0.15, 0.2) is 5.69 Å². The zero-order valence-electron chi connectivity index (χ0n) is 19.0. The van der Waals surface area contributed by atoms with Crippen LogP contribution in [0, 0.1) is 12.3 Å². The molecule has 33 heavy (non-hydrogen) atoms. The van der Waals surface area contributed by atoms with Crippen LogP contribution in [0.3, 0.4) is 0 Å². The summed E-state index contributed by atoms with van der Waals surface area (Å²) in [6.45, 7) is 4.80. The Morgan fingerprint density at radius 3 is 2.45 bits per heavy atom. The van der Waals surface area contributed by atoms with Crippen molar-refractivity contribution in [1.29, 1.82) is 5.41 Å². The highest BCUT2D eigenvalue weighted by molar-refractivity contribution is 6.04. The molecule has 182 valence electrons. The van der Waals surface area contributed by atoms with Crippen molar-refractivity contribution in [3.8, 4) is 11.5 Å². The Morgan fingerprint density at radius 1 is 1.24 bits per heavy atom. The number of rotatable bonds is 9. The largest absolute Gasteiger partial charge is 0.507 e. The lowest BCUT2D eigenvalue weighted by atomic mass is 10.00. The predicted octanol–water partition coefficient (Wildman–Crippen LogP) is 3.83. The van der Waals surface area contributed by atoms with Gasteiger partial charge in [0.1, 0.15) is 17.2 Å². The number of phenols is 1. The molecular weight excluding hydrogens is 441 g/mol. The number of methoxy groups -OCH3 is 1. The predicted molar refractivity (Wildman–Crippen MR) is 117 cm³/mol. The molecule has 2 rings (SSSR count). The zero-order valence-corrected chi connectivity index (χ0v) is 19.0. The molecule has 0 unspecified atom stereocenters. The number of hydrogen-bond acceptors (Lipinski definition) is 8. The fourth-order valence-corrected chi connectivity index (χ4v) is 2.63. The van der Waals surface area contributed by atoms with E-state index in [9.17, 15) is 23.1 Å². The molecule has 11 heteroatoms. The van der Waals surface area contributed by atoms with E-state index in [4.69, 9.17) is 10.1 Å². The van der Waals surface area contributed by atoms with E-state index in [1.165, 1.54) is 25.6 Å². The van der Waals surface area contributed by atoms with E-state index < -0.39 is 29.2 Å². The molecule has 0 bridgehead atoms. The van der Waals surface area contributed by atoms with Crippen LogP contribution in [0.2, 0.25) is 0 Å². The fraction of sp³-hybridized carbons (Fsp3) is 0.455. The molecule has 0 spiro atoms. The standard InChI is InChI=1S/C15H21F3N2O2.C7H8N2O2/c1-3-5-10-12(22-9-4-8-20-2)7-6-11(13(10)21)14(19)15(16,17)18;1-5-3-9-6(4-8-5)7(10)11-2/h6-7,19-21H,3-5,8-9H2,1-2H3;3-4H,1-2H3. The number of nitrogens with one attached hydrogen (secondary N) is 2. The molecule has 0 saturated carbocycles. The van der Waals surface area contributed by atoms with Gasteiger partial charge in [0.05, 0.1) is 25.6 Å². The van der Waals surface area contributed by atoms with E-state index in [-0.39, 0.29) is 5.69 Å². The Balaban J connectivity index is 0.000000412. The van der Waals surface area contributed by atoms with Gasteiger partial charge in [-0.25, -0.2) is 9.78 Å². The Labute approximate surface area is 190 Å². The summed E-state index contributed by atoms with van der Waals surface area (Å²) in [7, 11) is 3.12. The first-order chi connectivity index (χ1) is 15.6. The normalized spacial score (nSPS) is 10.8. The summed E-state index contributed by atoms with van der Waals surface area (Å²) in [5.74, 6) is -0.609. The summed E-state index contributed by atoms with van der Waals surface area (Å²) >= 11 is 0. The minimum atomic E-state index is -4.80. The zero-order chi connectivity index (χ0) is 25.0. The van der Waals surface area contributed by atoms with E-state index in [1.54, 1.807) is 6.92 Å². The van der Waals surface area contributed by atoms with Crippen LogP contribution in [0.1, 0.15) is 47.1 Å². The molecule has 1 aromatic heterocycles. The number of carbonyl (C=O) groups is 1. The smallest absolute Gasteiger partial charge is 0.433 e. The fourth-order valence-electron chi connectivity index (χ4n) is 2.63. The van der Waals surface area contributed by atoms with Crippen molar-refractivity contribution in [3.63, 3.8) is 0 Å². The van der Waals surface area contributed by atoms with E-state index in [0.717, 1.165) is 24.7 Å². The number of hydrogen-bond donors (Lipinski definition) is 3. The molecule has 8 nitrogen and oxygen atoms in total.